The molecule has 0 radical (unpaired) electrons. The van der Waals surface area contributed by atoms with E-state index in [1.807, 2.05) is 56.3 Å². The van der Waals surface area contributed by atoms with Crippen LogP contribution in [-0.4, -0.2) is 11.1 Å². The number of amidine groups is 1. The van der Waals surface area contributed by atoms with Gasteiger partial charge >= 0.3 is 0 Å². The van der Waals surface area contributed by atoms with Crippen molar-refractivity contribution in [2.45, 2.75) is 13.8 Å². The normalized spacial score (nSPS) is 17.8. The number of thioether (sulfide) groups is 1. The summed E-state index contributed by atoms with van der Waals surface area (Å²) in [6.45, 7) is 4.02. The Morgan fingerprint density at radius 2 is 2.00 bits per heavy atom. The Labute approximate surface area is 144 Å². The summed E-state index contributed by atoms with van der Waals surface area (Å²) in [7, 11) is 0. The predicted octanol–water partition coefficient (Wildman–Crippen LogP) is 4.85. The fraction of sp³-hybridized carbons (Fsp3) is 0.111. The van der Waals surface area contributed by atoms with E-state index in [1.54, 1.807) is 6.07 Å². The van der Waals surface area contributed by atoms with Crippen molar-refractivity contribution in [3.63, 3.8) is 0 Å². The quantitative estimate of drug-likeness (QED) is 0.793. The van der Waals surface area contributed by atoms with Crippen LogP contribution in [0.1, 0.15) is 16.7 Å². The van der Waals surface area contributed by atoms with Crippen molar-refractivity contribution < 1.29 is 4.79 Å². The number of halogens is 1. The third-order valence-electron chi connectivity index (χ3n) is 3.38. The van der Waals surface area contributed by atoms with Gasteiger partial charge in [-0.05, 0) is 66.6 Å². The van der Waals surface area contributed by atoms with E-state index in [0.717, 1.165) is 22.4 Å². The first-order chi connectivity index (χ1) is 11.0. The van der Waals surface area contributed by atoms with Gasteiger partial charge in [-0.2, -0.15) is 0 Å². The zero-order valence-corrected chi connectivity index (χ0v) is 14.3. The van der Waals surface area contributed by atoms with Crippen molar-refractivity contribution >= 4 is 46.2 Å². The SMILES string of the molecule is Cc1ccc(C)c(N=C2NC(=O)/C(=C\c3cccc(Cl)c3)S2)c1. The zero-order valence-electron chi connectivity index (χ0n) is 12.8. The highest BCUT2D eigenvalue weighted by atomic mass is 35.5. The number of rotatable bonds is 2. The van der Waals surface area contributed by atoms with Crippen molar-refractivity contribution in [1.82, 2.24) is 5.32 Å². The number of hydrogen-bond acceptors (Lipinski definition) is 3. The van der Waals surface area contributed by atoms with Gasteiger partial charge in [-0.15, -0.1) is 0 Å². The van der Waals surface area contributed by atoms with Crippen LogP contribution in [0.15, 0.2) is 52.4 Å². The second kappa shape index (κ2) is 6.60. The highest BCUT2D eigenvalue weighted by Crippen LogP contribution is 2.29. The molecule has 0 bridgehead atoms. The van der Waals surface area contributed by atoms with E-state index in [4.69, 9.17) is 11.6 Å². The predicted molar refractivity (Wildman–Crippen MR) is 98.2 cm³/mol. The van der Waals surface area contributed by atoms with Crippen LogP contribution in [0.5, 0.6) is 0 Å². The molecule has 23 heavy (non-hydrogen) atoms. The lowest BCUT2D eigenvalue weighted by atomic mass is 10.1. The molecule has 1 fully saturated rings. The number of nitrogens with one attached hydrogen (secondary N) is 1. The highest BCUT2D eigenvalue weighted by molar-refractivity contribution is 8.18. The molecule has 0 atom stereocenters. The molecule has 2 aromatic rings. The van der Waals surface area contributed by atoms with Gasteiger partial charge in [-0.25, -0.2) is 4.99 Å². The molecule has 3 rings (SSSR count). The minimum Gasteiger partial charge on any atom is -0.300 e. The number of nitrogens with zero attached hydrogens (tertiary/aromatic N) is 1. The van der Waals surface area contributed by atoms with E-state index in [0.29, 0.717) is 15.1 Å². The summed E-state index contributed by atoms with van der Waals surface area (Å²) < 4.78 is 0. The number of benzene rings is 2. The fourth-order valence-corrected chi connectivity index (χ4v) is 3.21. The molecular weight excluding hydrogens is 328 g/mol. The van der Waals surface area contributed by atoms with Gasteiger partial charge in [0.15, 0.2) is 5.17 Å². The highest BCUT2D eigenvalue weighted by Gasteiger charge is 2.23. The van der Waals surface area contributed by atoms with Crippen molar-refractivity contribution in [3.8, 4) is 0 Å². The first kappa shape index (κ1) is 15.8. The summed E-state index contributed by atoms with van der Waals surface area (Å²) in [4.78, 5) is 17.3. The number of amides is 1. The molecule has 3 nitrogen and oxygen atoms in total. The van der Waals surface area contributed by atoms with Gasteiger partial charge in [0, 0.05) is 5.02 Å². The van der Waals surface area contributed by atoms with E-state index in [-0.39, 0.29) is 5.91 Å². The van der Waals surface area contributed by atoms with Crippen LogP contribution in [0, 0.1) is 13.8 Å². The zero-order chi connectivity index (χ0) is 16.4. The molecule has 0 spiro atoms. The van der Waals surface area contributed by atoms with Crippen molar-refractivity contribution in [2.75, 3.05) is 0 Å². The van der Waals surface area contributed by atoms with Crippen LogP contribution in [-0.2, 0) is 4.79 Å². The van der Waals surface area contributed by atoms with Crippen molar-refractivity contribution in [3.05, 3.63) is 69.1 Å². The summed E-state index contributed by atoms with van der Waals surface area (Å²) in [5.74, 6) is -0.140. The summed E-state index contributed by atoms with van der Waals surface area (Å²) in [5.41, 5.74) is 3.98. The van der Waals surface area contributed by atoms with Crippen LogP contribution in [0.2, 0.25) is 5.02 Å². The van der Waals surface area contributed by atoms with Gasteiger partial charge in [0.05, 0.1) is 10.6 Å². The van der Waals surface area contributed by atoms with Gasteiger partial charge in [0.1, 0.15) is 0 Å². The topological polar surface area (TPSA) is 41.5 Å². The number of aryl methyl sites for hydroxylation is 2. The van der Waals surface area contributed by atoms with Gasteiger partial charge in [0.25, 0.3) is 5.91 Å². The van der Waals surface area contributed by atoms with E-state index in [9.17, 15) is 4.79 Å². The average molecular weight is 343 g/mol. The second-order valence-electron chi connectivity index (χ2n) is 5.33. The summed E-state index contributed by atoms with van der Waals surface area (Å²) in [6.07, 6.45) is 1.82. The molecule has 1 N–H and O–H groups in total. The Bertz CT molecular complexity index is 843. The average Bonchev–Trinajstić information content (AvgIpc) is 2.83. The minimum atomic E-state index is -0.140. The summed E-state index contributed by atoms with van der Waals surface area (Å²) in [6, 6.07) is 13.5. The van der Waals surface area contributed by atoms with Gasteiger partial charge in [-0.3, -0.25) is 4.79 Å². The Balaban J connectivity index is 1.87. The molecule has 116 valence electrons. The van der Waals surface area contributed by atoms with Gasteiger partial charge in [-0.1, -0.05) is 35.9 Å². The fourth-order valence-electron chi connectivity index (χ4n) is 2.18. The molecule has 0 aliphatic carbocycles. The molecule has 1 heterocycles. The Hall–Kier alpha value is -2.04. The van der Waals surface area contributed by atoms with Crippen molar-refractivity contribution in [2.24, 2.45) is 4.99 Å². The Kier molecular flexibility index (Phi) is 4.55. The largest absolute Gasteiger partial charge is 0.300 e. The maximum Gasteiger partial charge on any atom is 0.264 e. The second-order valence-corrected chi connectivity index (χ2v) is 6.79. The van der Waals surface area contributed by atoms with Crippen LogP contribution >= 0.6 is 23.4 Å². The Morgan fingerprint density at radius 1 is 1.17 bits per heavy atom. The maximum absolute atomic E-state index is 12.1. The van der Waals surface area contributed by atoms with E-state index in [2.05, 4.69) is 10.3 Å². The molecule has 1 amide bonds. The number of carbonyl (C=O) groups excluding carboxylic acids is 1. The van der Waals surface area contributed by atoms with E-state index < -0.39 is 0 Å². The smallest absolute Gasteiger partial charge is 0.264 e. The number of aliphatic imine (C=N–C) groups is 1. The molecule has 0 saturated carbocycles. The van der Waals surface area contributed by atoms with Crippen molar-refractivity contribution in [1.29, 1.82) is 0 Å². The summed E-state index contributed by atoms with van der Waals surface area (Å²) >= 11 is 7.31. The maximum atomic E-state index is 12.1. The number of hydrogen-bond donors (Lipinski definition) is 1. The van der Waals surface area contributed by atoms with Gasteiger partial charge in [0.2, 0.25) is 0 Å². The van der Waals surface area contributed by atoms with Crippen LogP contribution in [0.4, 0.5) is 5.69 Å². The molecule has 0 aromatic heterocycles. The van der Waals surface area contributed by atoms with E-state index in [1.165, 1.54) is 11.8 Å². The third kappa shape index (κ3) is 3.84. The Morgan fingerprint density at radius 3 is 2.78 bits per heavy atom. The molecular formula is C18H15ClN2OS. The van der Waals surface area contributed by atoms with Crippen LogP contribution in [0.3, 0.4) is 0 Å². The monoisotopic (exact) mass is 342 g/mol. The van der Waals surface area contributed by atoms with Gasteiger partial charge < -0.3 is 5.32 Å². The lowest BCUT2D eigenvalue weighted by molar-refractivity contribution is -0.115. The first-order valence-electron chi connectivity index (χ1n) is 7.14. The molecule has 0 unspecified atom stereocenters. The molecule has 1 aliphatic heterocycles. The molecule has 5 heteroatoms. The minimum absolute atomic E-state index is 0.140. The first-order valence-corrected chi connectivity index (χ1v) is 8.33. The molecule has 1 saturated heterocycles. The van der Waals surface area contributed by atoms with E-state index >= 15 is 0 Å². The third-order valence-corrected chi connectivity index (χ3v) is 4.53. The lowest BCUT2D eigenvalue weighted by Gasteiger charge is -2.02. The lowest BCUT2D eigenvalue weighted by Crippen LogP contribution is -2.19. The number of carbonyl (C=O) groups is 1. The molecule has 1 aliphatic rings. The standard InChI is InChI=1S/C18H15ClN2OS/c1-11-6-7-12(2)15(8-11)20-18-21-17(22)16(23-18)10-13-4-3-5-14(19)9-13/h3-10H,1-2H3,(H,20,21,22)/b16-10+. The molecule has 2 aromatic carbocycles. The summed E-state index contributed by atoms with van der Waals surface area (Å²) in [5, 5.41) is 4.05. The van der Waals surface area contributed by atoms with Crippen LogP contribution < -0.4 is 5.32 Å². The van der Waals surface area contributed by atoms with Crippen LogP contribution in [0.25, 0.3) is 6.08 Å².